The molecule has 0 aromatic heterocycles. The number of hydrogen-bond donors (Lipinski definition) is 1. The molecule has 0 fully saturated rings. The highest BCUT2D eigenvalue weighted by atomic mass is 16.5. The van der Waals surface area contributed by atoms with Crippen LogP contribution in [0.1, 0.15) is 47.0 Å². The maximum Gasteiger partial charge on any atom is 0.246 e. The van der Waals surface area contributed by atoms with Gasteiger partial charge in [-0.05, 0) is 26.2 Å². The maximum absolute atomic E-state index is 11.3. The lowest BCUT2D eigenvalue weighted by Crippen LogP contribution is -2.35. The number of hydrogen-bond acceptors (Lipinski definition) is 2. The zero-order valence-electron chi connectivity index (χ0n) is 10.5. The average molecular weight is 215 g/mol. The Labute approximate surface area is 93.6 Å². The highest BCUT2D eigenvalue weighted by molar-refractivity contribution is 5.77. The van der Waals surface area contributed by atoms with Gasteiger partial charge in [0.15, 0.2) is 0 Å². The SMILES string of the molecule is CCOCC(=O)NC(C)CCCC(C)C. The summed E-state index contributed by atoms with van der Waals surface area (Å²) in [5.41, 5.74) is 0. The van der Waals surface area contributed by atoms with Crippen LogP contribution in [-0.4, -0.2) is 25.2 Å². The number of nitrogens with one attached hydrogen (secondary N) is 1. The van der Waals surface area contributed by atoms with E-state index in [4.69, 9.17) is 4.74 Å². The zero-order chi connectivity index (χ0) is 11.7. The second-order valence-corrected chi connectivity index (χ2v) is 4.43. The molecule has 0 aliphatic rings. The molecule has 0 aromatic carbocycles. The van der Waals surface area contributed by atoms with Gasteiger partial charge in [0.1, 0.15) is 6.61 Å². The summed E-state index contributed by atoms with van der Waals surface area (Å²) in [5.74, 6) is 0.741. The summed E-state index contributed by atoms with van der Waals surface area (Å²) in [6.45, 7) is 9.15. The summed E-state index contributed by atoms with van der Waals surface area (Å²) < 4.78 is 5.03. The van der Waals surface area contributed by atoms with Gasteiger partial charge < -0.3 is 10.1 Å². The quantitative estimate of drug-likeness (QED) is 0.675. The summed E-state index contributed by atoms with van der Waals surface area (Å²) >= 11 is 0. The molecule has 0 aliphatic heterocycles. The lowest BCUT2D eigenvalue weighted by atomic mass is 10.0. The summed E-state index contributed by atoms with van der Waals surface area (Å²) in [5, 5.41) is 2.92. The topological polar surface area (TPSA) is 38.3 Å². The first-order valence-electron chi connectivity index (χ1n) is 5.93. The Bertz CT molecular complexity index is 169. The fraction of sp³-hybridized carbons (Fsp3) is 0.917. The van der Waals surface area contributed by atoms with E-state index in [0.29, 0.717) is 6.61 Å². The number of amides is 1. The van der Waals surface area contributed by atoms with E-state index in [1.807, 2.05) is 13.8 Å². The molecule has 3 heteroatoms. The Morgan fingerprint density at radius 3 is 2.47 bits per heavy atom. The van der Waals surface area contributed by atoms with E-state index in [1.165, 1.54) is 12.8 Å². The van der Waals surface area contributed by atoms with E-state index < -0.39 is 0 Å². The molecule has 1 unspecified atom stereocenters. The molecule has 0 spiro atoms. The lowest BCUT2D eigenvalue weighted by molar-refractivity contribution is -0.126. The third-order valence-electron chi connectivity index (χ3n) is 2.26. The van der Waals surface area contributed by atoms with Gasteiger partial charge in [-0.25, -0.2) is 0 Å². The largest absolute Gasteiger partial charge is 0.372 e. The van der Waals surface area contributed by atoms with Crippen molar-refractivity contribution >= 4 is 5.91 Å². The molecule has 0 aromatic rings. The van der Waals surface area contributed by atoms with Crippen molar-refractivity contribution in [1.82, 2.24) is 5.32 Å². The van der Waals surface area contributed by atoms with Crippen LogP contribution < -0.4 is 5.32 Å². The van der Waals surface area contributed by atoms with Crippen molar-refractivity contribution in [2.24, 2.45) is 5.92 Å². The summed E-state index contributed by atoms with van der Waals surface area (Å²) in [6.07, 6.45) is 3.45. The van der Waals surface area contributed by atoms with Crippen LogP contribution in [-0.2, 0) is 9.53 Å². The predicted molar refractivity (Wildman–Crippen MR) is 62.8 cm³/mol. The molecular formula is C12H25NO2. The van der Waals surface area contributed by atoms with Crippen LogP contribution >= 0.6 is 0 Å². The van der Waals surface area contributed by atoms with Gasteiger partial charge in [-0.2, -0.15) is 0 Å². The van der Waals surface area contributed by atoms with E-state index in [2.05, 4.69) is 19.2 Å². The van der Waals surface area contributed by atoms with E-state index in [-0.39, 0.29) is 18.6 Å². The fourth-order valence-corrected chi connectivity index (χ4v) is 1.42. The summed E-state index contributed by atoms with van der Waals surface area (Å²) in [7, 11) is 0. The highest BCUT2D eigenvalue weighted by Crippen LogP contribution is 2.07. The first-order chi connectivity index (χ1) is 7.06. The fourth-order valence-electron chi connectivity index (χ4n) is 1.42. The third kappa shape index (κ3) is 9.73. The lowest BCUT2D eigenvalue weighted by Gasteiger charge is -2.14. The first-order valence-corrected chi connectivity index (χ1v) is 5.93. The zero-order valence-corrected chi connectivity index (χ0v) is 10.5. The predicted octanol–water partition coefficient (Wildman–Crippen LogP) is 2.35. The van der Waals surface area contributed by atoms with Gasteiger partial charge in [0.25, 0.3) is 0 Å². The van der Waals surface area contributed by atoms with Crippen LogP contribution in [0.25, 0.3) is 0 Å². The van der Waals surface area contributed by atoms with Crippen molar-refractivity contribution in [2.45, 2.75) is 53.0 Å². The molecule has 0 bridgehead atoms. The minimum atomic E-state index is -0.00565. The van der Waals surface area contributed by atoms with E-state index in [1.54, 1.807) is 0 Å². The molecule has 90 valence electrons. The van der Waals surface area contributed by atoms with Gasteiger partial charge in [0, 0.05) is 12.6 Å². The van der Waals surface area contributed by atoms with Gasteiger partial charge >= 0.3 is 0 Å². The van der Waals surface area contributed by atoms with Gasteiger partial charge in [-0.3, -0.25) is 4.79 Å². The molecule has 0 heterocycles. The molecule has 0 saturated carbocycles. The molecule has 1 atom stereocenters. The van der Waals surface area contributed by atoms with E-state index >= 15 is 0 Å². The van der Waals surface area contributed by atoms with Crippen LogP contribution in [0.5, 0.6) is 0 Å². The Balaban J connectivity index is 3.46. The number of carbonyl (C=O) groups excluding carboxylic acids is 1. The first kappa shape index (κ1) is 14.4. The summed E-state index contributed by atoms with van der Waals surface area (Å²) in [4.78, 5) is 11.3. The maximum atomic E-state index is 11.3. The van der Waals surface area contributed by atoms with Crippen molar-refractivity contribution in [3.8, 4) is 0 Å². The number of carbonyl (C=O) groups is 1. The molecule has 0 radical (unpaired) electrons. The normalized spacial score (nSPS) is 12.9. The average Bonchev–Trinajstić information content (AvgIpc) is 2.14. The molecule has 0 aliphatic carbocycles. The van der Waals surface area contributed by atoms with Crippen LogP contribution in [0.2, 0.25) is 0 Å². The van der Waals surface area contributed by atoms with Crippen LogP contribution in [0, 0.1) is 5.92 Å². The van der Waals surface area contributed by atoms with Gasteiger partial charge in [-0.1, -0.05) is 26.7 Å². The van der Waals surface area contributed by atoms with E-state index in [9.17, 15) is 4.79 Å². The van der Waals surface area contributed by atoms with Gasteiger partial charge in [-0.15, -0.1) is 0 Å². The monoisotopic (exact) mass is 215 g/mol. The van der Waals surface area contributed by atoms with Crippen molar-refractivity contribution in [3.63, 3.8) is 0 Å². The number of rotatable bonds is 8. The van der Waals surface area contributed by atoms with Crippen molar-refractivity contribution in [2.75, 3.05) is 13.2 Å². The minimum absolute atomic E-state index is 0.00565. The van der Waals surface area contributed by atoms with Crippen LogP contribution in [0.3, 0.4) is 0 Å². The molecule has 1 amide bonds. The van der Waals surface area contributed by atoms with Crippen LogP contribution in [0.15, 0.2) is 0 Å². The standard InChI is InChI=1S/C12H25NO2/c1-5-15-9-12(14)13-11(4)8-6-7-10(2)3/h10-11H,5-9H2,1-4H3,(H,13,14). The second kappa shape index (κ2) is 8.72. The van der Waals surface area contributed by atoms with Gasteiger partial charge in [0.2, 0.25) is 5.91 Å². The molecule has 0 saturated heterocycles. The van der Waals surface area contributed by atoms with Crippen molar-refractivity contribution < 1.29 is 9.53 Å². The highest BCUT2D eigenvalue weighted by Gasteiger charge is 2.06. The molecule has 0 rings (SSSR count). The molecule has 3 nitrogen and oxygen atoms in total. The molecular weight excluding hydrogens is 190 g/mol. The van der Waals surface area contributed by atoms with Crippen molar-refractivity contribution in [3.05, 3.63) is 0 Å². The van der Waals surface area contributed by atoms with Crippen LogP contribution in [0.4, 0.5) is 0 Å². The molecule has 1 N–H and O–H groups in total. The number of ether oxygens (including phenoxy) is 1. The summed E-state index contributed by atoms with van der Waals surface area (Å²) in [6, 6.07) is 0.261. The Morgan fingerprint density at radius 2 is 1.93 bits per heavy atom. The van der Waals surface area contributed by atoms with Gasteiger partial charge in [0.05, 0.1) is 0 Å². The third-order valence-corrected chi connectivity index (χ3v) is 2.26. The Hall–Kier alpha value is -0.570. The van der Waals surface area contributed by atoms with E-state index in [0.717, 1.165) is 12.3 Å². The Morgan fingerprint density at radius 1 is 1.27 bits per heavy atom. The minimum Gasteiger partial charge on any atom is -0.372 e. The Kier molecular flexibility index (Phi) is 8.38. The smallest absolute Gasteiger partial charge is 0.246 e. The molecule has 15 heavy (non-hydrogen) atoms. The second-order valence-electron chi connectivity index (χ2n) is 4.43. The van der Waals surface area contributed by atoms with Crippen molar-refractivity contribution in [1.29, 1.82) is 0 Å².